The van der Waals surface area contributed by atoms with E-state index in [-0.39, 0.29) is 11.8 Å². The van der Waals surface area contributed by atoms with Gasteiger partial charge in [-0.05, 0) is 30.5 Å². The Morgan fingerprint density at radius 2 is 2.19 bits per heavy atom. The van der Waals surface area contributed by atoms with Crippen LogP contribution in [-0.2, 0) is 28.7 Å². The Labute approximate surface area is 158 Å². The first-order valence-electron chi connectivity index (χ1n) is 9.32. The molecule has 27 heavy (non-hydrogen) atoms. The van der Waals surface area contributed by atoms with Crippen LogP contribution in [0.15, 0.2) is 30.5 Å². The average molecular weight is 390 g/mol. The van der Waals surface area contributed by atoms with Crippen molar-refractivity contribution in [3.8, 4) is 0 Å². The smallest absolute Gasteiger partial charge is 0.218 e. The first-order valence-corrected chi connectivity index (χ1v) is 10.9. The number of fused-ring (bicyclic) bond motifs is 1. The first-order chi connectivity index (χ1) is 13.0. The first kappa shape index (κ1) is 18.5. The van der Waals surface area contributed by atoms with Crippen LogP contribution in [0.2, 0.25) is 0 Å². The van der Waals surface area contributed by atoms with E-state index in [0.717, 1.165) is 43.6 Å². The van der Waals surface area contributed by atoms with Gasteiger partial charge < -0.3 is 5.32 Å². The standard InChI is InChI=1S/C19H23FN4O2S/c20-16-5-3-4-14(10-16)13-27(25,26)24-9-2-1-6-18(24)19-22-12-15-11-21-8-7-17(15)23-19/h3-5,10,12,18,21H,1-2,6-9,11,13H2/t18-/m1/s1. The van der Waals surface area contributed by atoms with Gasteiger partial charge in [-0.3, -0.25) is 0 Å². The Morgan fingerprint density at radius 1 is 1.30 bits per heavy atom. The largest absolute Gasteiger partial charge is 0.312 e. The Morgan fingerprint density at radius 3 is 3.04 bits per heavy atom. The van der Waals surface area contributed by atoms with Gasteiger partial charge in [-0.2, -0.15) is 4.31 Å². The van der Waals surface area contributed by atoms with Gasteiger partial charge in [-0.15, -0.1) is 0 Å². The Balaban J connectivity index is 1.62. The number of hydrogen-bond acceptors (Lipinski definition) is 5. The highest BCUT2D eigenvalue weighted by molar-refractivity contribution is 7.88. The molecule has 1 atom stereocenters. The van der Waals surface area contributed by atoms with E-state index in [2.05, 4.69) is 10.3 Å². The van der Waals surface area contributed by atoms with Crippen molar-refractivity contribution in [3.63, 3.8) is 0 Å². The molecule has 1 fully saturated rings. The molecule has 6 nitrogen and oxygen atoms in total. The minimum absolute atomic E-state index is 0.212. The maximum atomic E-state index is 13.5. The molecule has 0 bridgehead atoms. The van der Waals surface area contributed by atoms with Crippen LogP contribution < -0.4 is 5.32 Å². The summed E-state index contributed by atoms with van der Waals surface area (Å²) in [5.41, 5.74) is 2.54. The highest BCUT2D eigenvalue weighted by Gasteiger charge is 2.35. The summed E-state index contributed by atoms with van der Waals surface area (Å²) in [5.74, 6) is -0.0569. The third-order valence-corrected chi connectivity index (χ3v) is 7.02. The van der Waals surface area contributed by atoms with Crippen LogP contribution in [0.5, 0.6) is 0 Å². The summed E-state index contributed by atoms with van der Waals surface area (Å²) in [6.45, 7) is 2.07. The zero-order valence-corrected chi connectivity index (χ0v) is 15.9. The molecule has 0 aliphatic carbocycles. The van der Waals surface area contributed by atoms with Gasteiger partial charge in [0.05, 0.1) is 11.8 Å². The van der Waals surface area contributed by atoms with E-state index in [1.54, 1.807) is 6.07 Å². The molecule has 0 radical (unpaired) electrons. The lowest BCUT2D eigenvalue weighted by Crippen LogP contribution is -2.40. The van der Waals surface area contributed by atoms with Gasteiger partial charge in [-0.1, -0.05) is 18.6 Å². The molecule has 2 aliphatic heterocycles. The van der Waals surface area contributed by atoms with E-state index in [9.17, 15) is 12.8 Å². The van der Waals surface area contributed by atoms with Crippen molar-refractivity contribution in [1.82, 2.24) is 19.6 Å². The number of hydrogen-bond donors (Lipinski definition) is 1. The summed E-state index contributed by atoms with van der Waals surface area (Å²) in [6, 6.07) is 5.42. The minimum atomic E-state index is -3.60. The third-order valence-electron chi connectivity index (χ3n) is 5.17. The number of nitrogens with zero attached hydrogens (tertiary/aromatic N) is 3. The number of piperidine rings is 1. The summed E-state index contributed by atoms with van der Waals surface area (Å²) in [4.78, 5) is 9.19. The predicted octanol–water partition coefficient (Wildman–Crippen LogP) is 2.32. The molecule has 0 unspecified atom stereocenters. The van der Waals surface area contributed by atoms with Gasteiger partial charge >= 0.3 is 0 Å². The fraction of sp³-hybridized carbons (Fsp3) is 0.474. The Kier molecular flexibility index (Phi) is 5.21. The lowest BCUT2D eigenvalue weighted by Gasteiger charge is -2.34. The van der Waals surface area contributed by atoms with E-state index >= 15 is 0 Å². The maximum Gasteiger partial charge on any atom is 0.218 e. The summed E-state index contributed by atoms with van der Waals surface area (Å²) < 4.78 is 41.1. The van der Waals surface area contributed by atoms with Crippen LogP contribution in [-0.4, -0.2) is 35.8 Å². The molecule has 4 rings (SSSR count). The van der Waals surface area contributed by atoms with Gasteiger partial charge in [-0.25, -0.2) is 22.8 Å². The monoisotopic (exact) mass is 390 g/mol. The maximum absolute atomic E-state index is 13.5. The highest BCUT2D eigenvalue weighted by Crippen LogP contribution is 2.33. The van der Waals surface area contributed by atoms with E-state index in [0.29, 0.717) is 24.4 Å². The molecule has 2 aliphatic rings. The molecular weight excluding hydrogens is 367 g/mol. The Bertz CT molecular complexity index is 935. The fourth-order valence-electron chi connectivity index (χ4n) is 3.83. The zero-order chi connectivity index (χ0) is 18.9. The van der Waals surface area contributed by atoms with Crippen LogP contribution in [0.3, 0.4) is 0 Å². The van der Waals surface area contributed by atoms with Gasteiger partial charge in [0.25, 0.3) is 0 Å². The van der Waals surface area contributed by atoms with Crippen molar-refractivity contribution in [1.29, 1.82) is 0 Å². The fourth-order valence-corrected chi connectivity index (χ4v) is 5.59. The minimum Gasteiger partial charge on any atom is -0.312 e. The molecular formula is C19H23FN4O2S. The number of nitrogens with one attached hydrogen (secondary N) is 1. The number of aromatic nitrogens is 2. The molecule has 144 valence electrons. The zero-order valence-electron chi connectivity index (χ0n) is 15.1. The second kappa shape index (κ2) is 7.61. The molecule has 1 N–H and O–H groups in total. The van der Waals surface area contributed by atoms with Crippen molar-refractivity contribution >= 4 is 10.0 Å². The second-order valence-electron chi connectivity index (χ2n) is 7.14. The second-order valence-corrected chi connectivity index (χ2v) is 9.06. The van der Waals surface area contributed by atoms with Gasteiger partial charge in [0.1, 0.15) is 11.6 Å². The van der Waals surface area contributed by atoms with Crippen LogP contribution in [0.1, 0.15) is 47.9 Å². The third kappa shape index (κ3) is 4.02. The van der Waals surface area contributed by atoms with Gasteiger partial charge in [0.2, 0.25) is 10.0 Å². The summed E-state index contributed by atoms with van der Waals surface area (Å²) >= 11 is 0. The molecule has 0 saturated carbocycles. The van der Waals surface area contributed by atoms with Crippen LogP contribution in [0.25, 0.3) is 0 Å². The van der Waals surface area contributed by atoms with Crippen molar-refractivity contribution in [2.75, 3.05) is 13.1 Å². The molecule has 1 aromatic carbocycles. The lowest BCUT2D eigenvalue weighted by molar-refractivity contribution is 0.245. The topological polar surface area (TPSA) is 75.2 Å². The normalized spacial score (nSPS) is 21.0. The van der Waals surface area contributed by atoms with Crippen molar-refractivity contribution in [2.24, 2.45) is 0 Å². The molecule has 0 amide bonds. The van der Waals surface area contributed by atoms with E-state index in [1.165, 1.54) is 22.5 Å². The molecule has 0 spiro atoms. The number of halogens is 1. The predicted molar refractivity (Wildman–Crippen MR) is 99.8 cm³/mol. The number of rotatable bonds is 4. The van der Waals surface area contributed by atoms with Crippen LogP contribution in [0.4, 0.5) is 4.39 Å². The summed E-state index contributed by atoms with van der Waals surface area (Å²) in [5, 5.41) is 3.29. The number of benzene rings is 1. The summed E-state index contributed by atoms with van der Waals surface area (Å²) in [6.07, 6.45) is 5.11. The van der Waals surface area contributed by atoms with Gasteiger partial charge in [0, 0.05) is 43.5 Å². The van der Waals surface area contributed by atoms with Gasteiger partial charge in [0.15, 0.2) is 0 Å². The molecule has 1 aromatic heterocycles. The van der Waals surface area contributed by atoms with Crippen LogP contribution >= 0.6 is 0 Å². The van der Waals surface area contributed by atoms with Crippen molar-refractivity contribution < 1.29 is 12.8 Å². The van der Waals surface area contributed by atoms with Crippen LogP contribution in [0, 0.1) is 5.82 Å². The summed E-state index contributed by atoms with van der Waals surface area (Å²) in [7, 11) is -3.60. The van der Waals surface area contributed by atoms with E-state index in [1.807, 2.05) is 6.20 Å². The average Bonchev–Trinajstić information content (AvgIpc) is 2.67. The molecule has 8 heteroatoms. The molecule has 3 heterocycles. The molecule has 1 saturated heterocycles. The highest BCUT2D eigenvalue weighted by atomic mass is 32.2. The molecule has 2 aromatic rings. The quantitative estimate of drug-likeness (QED) is 0.867. The SMILES string of the molecule is O=S(=O)(Cc1cccc(F)c1)N1CCCC[C@@H]1c1ncc2c(n1)CCNC2. The number of sulfonamides is 1. The Hall–Kier alpha value is -1.90. The lowest BCUT2D eigenvalue weighted by atomic mass is 10.0. The van der Waals surface area contributed by atoms with E-state index in [4.69, 9.17) is 4.98 Å². The van der Waals surface area contributed by atoms with Crippen molar-refractivity contribution in [3.05, 3.63) is 58.9 Å². The van der Waals surface area contributed by atoms with E-state index < -0.39 is 15.8 Å². The van der Waals surface area contributed by atoms with Crippen molar-refractivity contribution in [2.45, 2.75) is 44.0 Å².